The van der Waals surface area contributed by atoms with Crippen molar-refractivity contribution in [2.24, 2.45) is 0 Å². The topological polar surface area (TPSA) is 64.8 Å². The van der Waals surface area contributed by atoms with Crippen LogP contribution in [0.25, 0.3) is 11.2 Å². The molecule has 0 radical (unpaired) electrons. The van der Waals surface area contributed by atoms with Crippen molar-refractivity contribution >= 4 is 21.2 Å². The first-order valence-corrected chi connectivity index (χ1v) is 10.2. The van der Waals surface area contributed by atoms with Crippen molar-refractivity contribution in [1.29, 1.82) is 0 Å². The highest BCUT2D eigenvalue weighted by Gasteiger charge is 2.20. The highest BCUT2D eigenvalue weighted by molar-refractivity contribution is 7.90. The minimum atomic E-state index is -3.69. The lowest BCUT2D eigenvalue weighted by molar-refractivity contribution is 0.588. The molecular weight excluding hydrogens is 358 g/mol. The zero-order valence-corrected chi connectivity index (χ0v) is 15.7. The second kappa shape index (κ2) is 6.96. The van der Waals surface area contributed by atoms with Crippen LogP contribution < -0.4 is 0 Å². The number of aryl methyl sites for hydroxylation is 3. The lowest BCUT2D eigenvalue weighted by Crippen LogP contribution is -2.12. The van der Waals surface area contributed by atoms with Crippen LogP contribution in [0.4, 0.5) is 0 Å². The van der Waals surface area contributed by atoms with E-state index in [9.17, 15) is 8.42 Å². The number of hydrogen-bond acceptors (Lipinski definition) is 4. The number of fused-ring (bicyclic) bond motifs is 1. The van der Waals surface area contributed by atoms with Gasteiger partial charge >= 0.3 is 0 Å². The summed E-state index contributed by atoms with van der Waals surface area (Å²) in [6, 6.07) is 18.7. The second-order valence-corrected chi connectivity index (χ2v) is 8.30. The van der Waals surface area contributed by atoms with Gasteiger partial charge in [0.1, 0.15) is 5.52 Å². The highest BCUT2D eigenvalue weighted by atomic mass is 32.2. The Morgan fingerprint density at radius 2 is 1.67 bits per heavy atom. The number of aromatic nitrogens is 3. The summed E-state index contributed by atoms with van der Waals surface area (Å²) in [5, 5.41) is 0. The van der Waals surface area contributed by atoms with Crippen molar-refractivity contribution in [3.63, 3.8) is 0 Å². The smallest absolute Gasteiger partial charge is 0.248 e. The van der Waals surface area contributed by atoms with Crippen molar-refractivity contribution < 1.29 is 8.42 Å². The van der Waals surface area contributed by atoms with E-state index < -0.39 is 10.0 Å². The van der Waals surface area contributed by atoms with Gasteiger partial charge in [0.25, 0.3) is 10.0 Å². The fraction of sp³-hybridized carbons (Fsp3) is 0.143. The fourth-order valence-electron chi connectivity index (χ4n) is 2.98. The Labute approximate surface area is 158 Å². The van der Waals surface area contributed by atoms with Crippen LogP contribution >= 0.6 is 0 Å². The Bertz CT molecular complexity index is 1180. The normalized spacial score (nSPS) is 11.7. The molecule has 0 bridgehead atoms. The molecule has 27 heavy (non-hydrogen) atoms. The van der Waals surface area contributed by atoms with Gasteiger partial charge < -0.3 is 0 Å². The molecule has 2 aromatic heterocycles. The molecular formula is C21H19N3O2S. The monoisotopic (exact) mass is 377 g/mol. The third-order valence-electron chi connectivity index (χ3n) is 4.50. The SMILES string of the molecule is Cc1ccc(S(=O)(=O)n2ccc3nc(CCc4ccccc4)cnc32)cc1. The summed E-state index contributed by atoms with van der Waals surface area (Å²) in [7, 11) is -3.69. The lowest BCUT2D eigenvalue weighted by atomic mass is 10.1. The first-order valence-electron chi connectivity index (χ1n) is 8.73. The van der Waals surface area contributed by atoms with Gasteiger partial charge in [0.05, 0.1) is 16.8 Å². The van der Waals surface area contributed by atoms with Crippen molar-refractivity contribution in [2.75, 3.05) is 0 Å². The van der Waals surface area contributed by atoms with Crippen LogP contribution in [-0.2, 0) is 22.9 Å². The highest BCUT2D eigenvalue weighted by Crippen LogP contribution is 2.20. The van der Waals surface area contributed by atoms with E-state index in [1.165, 1.54) is 15.7 Å². The van der Waals surface area contributed by atoms with Gasteiger partial charge in [-0.25, -0.2) is 22.4 Å². The lowest BCUT2D eigenvalue weighted by Gasteiger charge is -2.07. The fourth-order valence-corrected chi connectivity index (χ4v) is 4.28. The molecule has 0 aliphatic carbocycles. The van der Waals surface area contributed by atoms with Crippen LogP contribution in [0.5, 0.6) is 0 Å². The molecule has 0 N–H and O–H groups in total. The summed E-state index contributed by atoms with van der Waals surface area (Å²) >= 11 is 0. The van der Waals surface area contributed by atoms with Crippen molar-refractivity contribution in [3.05, 3.63) is 89.9 Å². The van der Waals surface area contributed by atoms with Crippen molar-refractivity contribution in [3.8, 4) is 0 Å². The summed E-state index contributed by atoms with van der Waals surface area (Å²) < 4.78 is 27.0. The molecule has 0 amide bonds. The molecule has 4 aromatic rings. The Hall–Kier alpha value is -2.99. The number of nitrogens with zero attached hydrogens (tertiary/aromatic N) is 3. The molecule has 6 heteroatoms. The zero-order chi connectivity index (χ0) is 18.9. The third-order valence-corrected chi connectivity index (χ3v) is 6.18. The molecule has 0 aliphatic rings. The average molecular weight is 377 g/mol. The van der Waals surface area contributed by atoms with E-state index in [-0.39, 0.29) is 4.90 Å². The largest absolute Gasteiger partial charge is 0.269 e. The molecule has 0 saturated carbocycles. The molecule has 0 unspecified atom stereocenters. The summed E-state index contributed by atoms with van der Waals surface area (Å²) in [4.78, 5) is 9.21. The predicted octanol–water partition coefficient (Wildman–Crippen LogP) is 3.76. The van der Waals surface area contributed by atoms with E-state index >= 15 is 0 Å². The molecule has 0 atom stereocenters. The minimum absolute atomic E-state index is 0.237. The summed E-state index contributed by atoms with van der Waals surface area (Å²) in [5.41, 5.74) is 4.01. The minimum Gasteiger partial charge on any atom is -0.248 e. The molecule has 0 saturated heterocycles. The van der Waals surface area contributed by atoms with E-state index in [0.717, 1.165) is 24.1 Å². The van der Waals surface area contributed by atoms with Crippen LogP contribution in [0, 0.1) is 6.92 Å². The van der Waals surface area contributed by atoms with Crippen LogP contribution in [-0.4, -0.2) is 22.4 Å². The number of benzene rings is 2. The summed E-state index contributed by atoms with van der Waals surface area (Å²) in [6.45, 7) is 1.92. The van der Waals surface area contributed by atoms with Crippen molar-refractivity contribution in [1.82, 2.24) is 13.9 Å². The predicted molar refractivity (Wildman–Crippen MR) is 105 cm³/mol. The zero-order valence-electron chi connectivity index (χ0n) is 14.9. The Morgan fingerprint density at radius 1 is 0.926 bits per heavy atom. The van der Waals surface area contributed by atoms with Gasteiger partial charge in [-0.3, -0.25) is 0 Å². The molecule has 0 aliphatic heterocycles. The maximum absolute atomic E-state index is 12.9. The first-order chi connectivity index (χ1) is 13.0. The standard InChI is InChI=1S/C21H19N3O2S/c1-16-7-11-19(12-8-16)27(25,26)24-14-13-20-21(24)22-15-18(23-20)10-9-17-5-3-2-4-6-17/h2-8,11-15H,9-10H2,1H3. The van der Waals surface area contributed by atoms with Crippen LogP contribution in [0.15, 0.2) is 78.0 Å². The van der Waals surface area contributed by atoms with E-state index in [2.05, 4.69) is 22.1 Å². The molecule has 136 valence electrons. The van der Waals surface area contributed by atoms with Gasteiger partial charge in [0, 0.05) is 6.20 Å². The van der Waals surface area contributed by atoms with Gasteiger partial charge in [0.2, 0.25) is 0 Å². The van der Waals surface area contributed by atoms with Gasteiger partial charge in [-0.2, -0.15) is 0 Å². The van der Waals surface area contributed by atoms with Gasteiger partial charge in [0.15, 0.2) is 5.65 Å². The van der Waals surface area contributed by atoms with Gasteiger partial charge in [-0.1, -0.05) is 48.0 Å². The van der Waals surface area contributed by atoms with E-state index in [1.54, 1.807) is 36.5 Å². The molecule has 2 aromatic carbocycles. The Balaban J connectivity index is 1.63. The van der Waals surface area contributed by atoms with Crippen LogP contribution in [0.2, 0.25) is 0 Å². The molecule has 5 nitrogen and oxygen atoms in total. The maximum Gasteiger partial charge on any atom is 0.269 e. The molecule has 4 rings (SSSR count). The average Bonchev–Trinajstić information content (AvgIpc) is 3.11. The Morgan fingerprint density at radius 3 is 2.41 bits per heavy atom. The van der Waals surface area contributed by atoms with E-state index in [0.29, 0.717) is 11.2 Å². The van der Waals surface area contributed by atoms with Gasteiger partial charge in [-0.15, -0.1) is 0 Å². The summed E-state index contributed by atoms with van der Waals surface area (Å²) in [6.07, 6.45) is 4.79. The van der Waals surface area contributed by atoms with Crippen LogP contribution in [0.3, 0.4) is 0 Å². The first kappa shape index (κ1) is 17.4. The van der Waals surface area contributed by atoms with E-state index in [1.807, 2.05) is 25.1 Å². The maximum atomic E-state index is 12.9. The molecule has 0 fully saturated rings. The van der Waals surface area contributed by atoms with Crippen LogP contribution in [0.1, 0.15) is 16.8 Å². The summed E-state index contributed by atoms with van der Waals surface area (Å²) in [5.74, 6) is 0. The molecule has 2 heterocycles. The molecule has 0 spiro atoms. The van der Waals surface area contributed by atoms with Crippen molar-refractivity contribution in [2.45, 2.75) is 24.7 Å². The quantitative estimate of drug-likeness (QED) is 0.531. The number of rotatable bonds is 5. The number of hydrogen-bond donors (Lipinski definition) is 0. The van der Waals surface area contributed by atoms with E-state index in [4.69, 9.17) is 0 Å². The second-order valence-electron chi connectivity index (χ2n) is 6.49. The third kappa shape index (κ3) is 3.48. The van der Waals surface area contributed by atoms with Gasteiger partial charge in [-0.05, 0) is 43.5 Å². The Kier molecular flexibility index (Phi) is 4.49.